The first-order chi connectivity index (χ1) is 11.6. The maximum atomic E-state index is 12.1. The van der Waals surface area contributed by atoms with Gasteiger partial charge < -0.3 is 18.7 Å². The molecule has 3 aromatic heterocycles. The van der Waals surface area contributed by atoms with Crippen molar-refractivity contribution in [3.8, 4) is 11.4 Å². The summed E-state index contributed by atoms with van der Waals surface area (Å²) >= 11 is 1.33. The van der Waals surface area contributed by atoms with Gasteiger partial charge in [0.15, 0.2) is 11.0 Å². The summed E-state index contributed by atoms with van der Waals surface area (Å²) in [5.74, 6) is 2.39. The zero-order valence-electron chi connectivity index (χ0n) is 13.6. The topological polar surface area (TPSA) is 86.1 Å². The van der Waals surface area contributed by atoms with E-state index in [0.717, 1.165) is 17.1 Å². The fraction of sp³-hybridized carbons (Fsp3) is 0.312. The Kier molecular flexibility index (Phi) is 4.75. The molecule has 0 aliphatic carbocycles. The first kappa shape index (κ1) is 16.4. The van der Waals surface area contributed by atoms with E-state index in [4.69, 9.17) is 8.83 Å². The number of nitrogens with zero attached hydrogens (tertiary/aromatic N) is 3. The lowest BCUT2D eigenvalue weighted by atomic mass is 10.2. The van der Waals surface area contributed by atoms with Crippen molar-refractivity contribution in [2.24, 2.45) is 7.05 Å². The van der Waals surface area contributed by atoms with Crippen LogP contribution in [0.15, 0.2) is 44.7 Å². The monoisotopic (exact) mass is 346 g/mol. The molecule has 8 heteroatoms. The third-order valence-electron chi connectivity index (χ3n) is 3.61. The van der Waals surface area contributed by atoms with Crippen molar-refractivity contribution in [2.45, 2.75) is 25.0 Å². The molecule has 1 unspecified atom stereocenters. The fourth-order valence-corrected chi connectivity index (χ4v) is 3.04. The van der Waals surface area contributed by atoms with Gasteiger partial charge in [0, 0.05) is 7.05 Å². The highest BCUT2D eigenvalue weighted by Crippen LogP contribution is 2.25. The van der Waals surface area contributed by atoms with Crippen LogP contribution in [0.2, 0.25) is 0 Å². The highest BCUT2D eigenvalue weighted by molar-refractivity contribution is 7.99. The second-order valence-corrected chi connectivity index (χ2v) is 6.29. The zero-order valence-corrected chi connectivity index (χ0v) is 14.5. The third-order valence-corrected chi connectivity index (χ3v) is 4.63. The van der Waals surface area contributed by atoms with Gasteiger partial charge in [0.2, 0.25) is 5.91 Å². The zero-order chi connectivity index (χ0) is 17.1. The van der Waals surface area contributed by atoms with Crippen molar-refractivity contribution >= 4 is 17.7 Å². The normalized spacial score (nSPS) is 12.3. The van der Waals surface area contributed by atoms with Gasteiger partial charge in [-0.15, -0.1) is 10.2 Å². The van der Waals surface area contributed by atoms with E-state index in [1.165, 1.54) is 11.8 Å². The van der Waals surface area contributed by atoms with Crippen molar-refractivity contribution in [1.82, 2.24) is 20.1 Å². The van der Waals surface area contributed by atoms with Crippen LogP contribution in [-0.4, -0.2) is 26.4 Å². The molecule has 24 heavy (non-hydrogen) atoms. The Morgan fingerprint density at radius 2 is 2.17 bits per heavy atom. The Bertz CT molecular complexity index is 822. The van der Waals surface area contributed by atoms with Gasteiger partial charge in [-0.3, -0.25) is 4.79 Å². The summed E-state index contributed by atoms with van der Waals surface area (Å²) in [5.41, 5.74) is 0.896. The molecule has 0 aliphatic heterocycles. The van der Waals surface area contributed by atoms with E-state index in [0.29, 0.717) is 11.0 Å². The maximum absolute atomic E-state index is 12.1. The highest BCUT2D eigenvalue weighted by atomic mass is 32.2. The molecule has 7 nitrogen and oxygen atoms in total. The quantitative estimate of drug-likeness (QED) is 0.691. The van der Waals surface area contributed by atoms with Gasteiger partial charge in [0.25, 0.3) is 0 Å². The SMILES string of the molecule is Cc1occc1-c1nnc(SCC(=O)NC(C)c2ccco2)n1C. The van der Waals surface area contributed by atoms with E-state index in [1.807, 2.05) is 37.6 Å². The van der Waals surface area contributed by atoms with Crippen LogP contribution in [0, 0.1) is 6.92 Å². The number of nitrogens with one attached hydrogen (secondary N) is 1. The summed E-state index contributed by atoms with van der Waals surface area (Å²) < 4.78 is 12.4. The number of carbonyl (C=O) groups is 1. The van der Waals surface area contributed by atoms with Crippen molar-refractivity contribution in [2.75, 3.05) is 5.75 Å². The minimum atomic E-state index is -0.170. The Morgan fingerprint density at radius 1 is 1.33 bits per heavy atom. The Labute approximate surface area is 143 Å². The van der Waals surface area contributed by atoms with Gasteiger partial charge in [-0.05, 0) is 32.0 Å². The largest absolute Gasteiger partial charge is 0.469 e. The standard InChI is InChI=1S/C16H18N4O3S/c1-10(13-5-4-7-23-13)17-14(21)9-24-16-19-18-15(20(16)3)12-6-8-22-11(12)2/h4-8,10H,9H2,1-3H3,(H,17,21). The van der Waals surface area contributed by atoms with Crippen LogP contribution in [-0.2, 0) is 11.8 Å². The molecule has 1 amide bonds. The summed E-state index contributed by atoms with van der Waals surface area (Å²) in [6.07, 6.45) is 3.21. The highest BCUT2D eigenvalue weighted by Gasteiger charge is 2.17. The van der Waals surface area contributed by atoms with Gasteiger partial charge >= 0.3 is 0 Å². The van der Waals surface area contributed by atoms with Crippen LogP contribution in [0.1, 0.15) is 24.5 Å². The number of carbonyl (C=O) groups excluding carboxylic acids is 1. The van der Waals surface area contributed by atoms with E-state index in [9.17, 15) is 4.79 Å². The molecule has 0 spiro atoms. The van der Waals surface area contributed by atoms with E-state index in [-0.39, 0.29) is 17.7 Å². The van der Waals surface area contributed by atoms with Crippen LogP contribution >= 0.6 is 11.8 Å². The van der Waals surface area contributed by atoms with E-state index >= 15 is 0 Å². The van der Waals surface area contributed by atoms with Gasteiger partial charge in [0.1, 0.15) is 11.5 Å². The van der Waals surface area contributed by atoms with Gasteiger partial charge in [-0.25, -0.2) is 0 Å². The molecule has 1 N–H and O–H groups in total. The minimum absolute atomic E-state index is 0.0899. The van der Waals surface area contributed by atoms with Crippen LogP contribution < -0.4 is 5.32 Å². The second kappa shape index (κ2) is 6.96. The number of amides is 1. The number of furan rings is 2. The molecule has 0 saturated carbocycles. The van der Waals surface area contributed by atoms with Crippen LogP contribution in [0.3, 0.4) is 0 Å². The van der Waals surface area contributed by atoms with E-state index in [1.54, 1.807) is 18.6 Å². The van der Waals surface area contributed by atoms with Crippen LogP contribution in [0.25, 0.3) is 11.4 Å². The Hall–Kier alpha value is -2.48. The smallest absolute Gasteiger partial charge is 0.231 e. The molecule has 1 atom stereocenters. The first-order valence-corrected chi connectivity index (χ1v) is 8.44. The number of aromatic nitrogens is 3. The number of thioether (sulfide) groups is 1. The summed E-state index contributed by atoms with van der Waals surface area (Å²) in [7, 11) is 1.87. The molecule has 3 rings (SSSR count). The first-order valence-electron chi connectivity index (χ1n) is 7.45. The lowest BCUT2D eigenvalue weighted by Gasteiger charge is -2.11. The second-order valence-electron chi connectivity index (χ2n) is 5.35. The molecule has 0 aromatic carbocycles. The molecule has 0 saturated heterocycles. The molecule has 0 fully saturated rings. The molecule has 3 aromatic rings. The number of aryl methyl sites for hydroxylation is 1. The molecule has 3 heterocycles. The number of rotatable bonds is 6. The summed E-state index contributed by atoms with van der Waals surface area (Å²) in [5, 5.41) is 11.9. The van der Waals surface area contributed by atoms with E-state index < -0.39 is 0 Å². The molecular formula is C16H18N4O3S. The maximum Gasteiger partial charge on any atom is 0.231 e. The predicted octanol–water partition coefficient (Wildman–Crippen LogP) is 2.95. The Balaban J connectivity index is 1.60. The van der Waals surface area contributed by atoms with Crippen molar-refractivity contribution in [3.63, 3.8) is 0 Å². The molecule has 126 valence electrons. The van der Waals surface area contributed by atoms with Crippen molar-refractivity contribution < 1.29 is 13.6 Å². The predicted molar refractivity (Wildman–Crippen MR) is 89.4 cm³/mol. The number of hydrogen-bond acceptors (Lipinski definition) is 6. The average Bonchev–Trinajstić information content (AvgIpc) is 3.27. The summed E-state index contributed by atoms with van der Waals surface area (Å²) in [6.45, 7) is 3.75. The van der Waals surface area contributed by atoms with Crippen LogP contribution in [0.4, 0.5) is 0 Å². The van der Waals surface area contributed by atoms with Crippen molar-refractivity contribution in [1.29, 1.82) is 0 Å². The molecular weight excluding hydrogens is 328 g/mol. The minimum Gasteiger partial charge on any atom is -0.469 e. The third kappa shape index (κ3) is 3.38. The fourth-order valence-electron chi connectivity index (χ4n) is 2.31. The van der Waals surface area contributed by atoms with Gasteiger partial charge in [0.05, 0.1) is 29.9 Å². The molecule has 0 radical (unpaired) electrons. The summed E-state index contributed by atoms with van der Waals surface area (Å²) in [6, 6.07) is 5.31. The van der Waals surface area contributed by atoms with Crippen LogP contribution in [0.5, 0.6) is 0 Å². The number of hydrogen-bond donors (Lipinski definition) is 1. The lowest BCUT2D eigenvalue weighted by molar-refractivity contribution is -0.119. The van der Waals surface area contributed by atoms with Gasteiger partial charge in [-0.2, -0.15) is 0 Å². The summed E-state index contributed by atoms with van der Waals surface area (Å²) in [4.78, 5) is 12.1. The Morgan fingerprint density at radius 3 is 2.83 bits per heavy atom. The van der Waals surface area contributed by atoms with Crippen molar-refractivity contribution in [3.05, 3.63) is 42.2 Å². The molecule has 0 aliphatic rings. The van der Waals surface area contributed by atoms with E-state index in [2.05, 4.69) is 15.5 Å². The average molecular weight is 346 g/mol. The molecule has 0 bridgehead atoms. The lowest BCUT2D eigenvalue weighted by Crippen LogP contribution is -2.28. The van der Waals surface area contributed by atoms with Gasteiger partial charge in [-0.1, -0.05) is 11.8 Å².